The molecule has 8 nitrogen and oxygen atoms in total. The van der Waals surface area contributed by atoms with Crippen LogP contribution in [0.5, 0.6) is 0 Å². The molecule has 1 N–H and O–H groups in total. The summed E-state index contributed by atoms with van der Waals surface area (Å²) in [5.41, 5.74) is 7.37. The fraction of sp³-hybridized carbons (Fsp3) is 0.129. The number of aromatic nitrogens is 6. The Bertz CT molecular complexity index is 1810. The van der Waals surface area contributed by atoms with Crippen molar-refractivity contribution in [2.75, 3.05) is 0 Å². The van der Waals surface area contributed by atoms with Crippen LogP contribution in [0.1, 0.15) is 39.6 Å². The highest BCUT2D eigenvalue weighted by Crippen LogP contribution is 2.35. The van der Waals surface area contributed by atoms with Crippen molar-refractivity contribution in [3.05, 3.63) is 120 Å². The number of fused-ring (bicyclic) bond motifs is 2. The number of amides is 1. The van der Waals surface area contributed by atoms with Crippen LogP contribution >= 0.6 is 0 Å². The first kappa shape index (κ1) is 23.0. The summed E-state index contributed by atoms with van der Waals surface area (Å²) in [6.45, 7) is 1.91. The molecule has 4 aromatic heterocycles. The van der Waals surface area contributed by atoms with Gasteiger partial charge in [-0.25, -0.2) is 14.6 Å². The van der Waals surface area contributed by atoms with Gasteiger partial charge in [0.15, 0.2) is 11.5 Å². The minimum atomic E-state index is -0.105. The number of carbonyl (C=O) groups excluding carboxylic acids is 1. The Morgan fingerprint density at radius 2 is 1.87 bits per heavy atom. The lowest BCUT2D eigenvalue weighted by Gasteiger charge is -2.15. The van der Waals surface area contributed by atoms with E-state index in [-0.39, 0.29) is 11.9 Å². The maximum atomic E-state index is 12.9. The Morgan fingerprint density at radius 3 is 2.67 bits per heavy atom. The monoisotopic (exact) mass is 511 g/mol. The first-order chi connectivity index (χ1) is 19.1. The van der Waals surface area contributed by atoms with Gasteiger partial charge in [-0.05, 0) is 73.4 Å². The van der Waals surface area contributed by atoms with Gasteiger partial charge in [-0.1, -0.05) is 36.4 Å². The van der Waals surface area contributed by atoms with Gasteiger partial charge in [-0.3, -0.25) is 14.3 Å². The molecule has 0 fully saturated rings. The maximum absolute atomic E-state index is 12.9. The lowest BCUT2D eigenvalue weighted by Crippen LogP contribution is -2.27. The molecule has 190 valence electrons. The van der Waals surface area contributed by atoms with Crippen molar-refractivity contribution < 1.29 is 4.79 Å². The van der Waals surface area contributed by atoms with Crippen molar-refractivity contribution in [2.45, 2.75) is 25.8 Å². The molecule has 8 heteroatoms. The third-order valence-corrected chi connectivity index (χ3v) is 7.20. The molecule has 1 atom stereocenters. The highest BCUT2D eigenvalue weighted by molar-refractivity contribution is 5.94. The summed E-state index contributed by atoms with van der Waals surface area (Å²) in [5.74, 6) is 1.44. The molecule has 0 radical (unpaired) electrons. The van der Waals surface area contributed by atoms with E-state index in [0.29, 0.717) is 5.56 Å². The third-order valence-electron chi connectivity index (χ3n) is 7.20. The van der Waals surface area contributed by atoms with Gasteiger partial charge < -0.3 is 5.32 Å². The van der Waals surface area contributed by atoms with Crippen LogP contribution in [0, 0.1) is 6.92 Å². The highest BCUT2D eigenvalue weighted by Gasteiger charge is 2.26. The summed E-state index contributed by atoms with van der Waals surface area (Å²) in [5, 5.41) is 7.55. The van der Waals surface area contributed by atoms with Crippen LogP contribution in [0.25, 0.3) is 34.1 Å². The van der Waals surface area contributed by atoms with E-state index >= 15 is 0 Å². The Hall–Kier alpha value is -5.11. The van der Waals surface area contributed by atoms with Crippen molar-refractivity contribution >= 4 is 17.1 Å². The molecule has 4 heterocycles. The molecular weight excluding hydrogens is 486 g/mol. The van der Waals surface area contributed by atoms with E-state index in [1.54, 1.807) is 17.1 Å². The number of pyridine rings is 2. The quantitative estimate of drug-likeness (QED) is 0.335. The van der Waals surface area contributed by atoms with E-state index in [9.17, 15) is 4.79 Å². The van der Waals surface area contributed by atoms with Crippen LogP contribution < -0.4 is 5.32 Å². The van der Waals surface area contributed by atoms with Crippen molar-refractivity contribution in [3.8, 4) is 22.9 Å². The Kier molecular flexibility index (Phi) is 5.51. The molecule has 0 bridgehead atoms. The predicted octanol–water partition coefficient (Wildman–Crippen LogP) is 5.39. The summed E-state index contributed by atoms with van der Waals surface area (Å²) >= 11 is 0. The summed E-state index contributed by atoms with van der Waals surface area (Å²) in [4.78, 5) is 27.1. The van der Waals surface area contributed by atoms with Crippen LogP contribution in [0.15, 0.2) is 97.5 Å². The third kappa shape index (κ3) is 4.16. The number of hydrogen-bond donors (Lipinski definition) is 1. The zero-order valence-corrected chi connectivity index (χ0v) is 21.3. The first-order valence-corrected chi connectivity index (χ1v) is 13.0. The molecule has 0 unspecified atom stereocenters. The van der Waals surface area contributed by atoms with Crippen molar-refractivity contribution in [1.82, 2.24) is 34.6 Å². The average molecular weight is 512 g/mol. The van der Waals surface area contributed by atoms with Crippen molar-refractivity contribution in [1.29, 1.82) is 0 Å². The molecular formula is C31H25N7O. The molecule has 1 amide bonds. The lowest BCUT2D eigenvalue weighted by atomic mass is 10.1. The van der Waals surface area contributed by atoms with E-state index < -0.39 is 0 Å². The highest BCUT2D eigenvalue weighted by atomic mass is 16.1. The molecule has 0 spiro atoms. The fourth-order valence-corrected chi connectivity index (χ4v) is 5.24. The topological polar surface area (TPSA) is 90.5 Å². The molecule has 7 rings (SSSR count). The largest absolute Gasteiger partial charge is 0.345 e. The minimum absolute atomic E-state index is 0.0412. The first-order valence-electron chi connectivity index (χ1n) is 13.0. The molecule has 0 saturated carbocycles. The molecule has 2 aromatic carbocycles. The van der Waals surface area contributed by atoms with E-state index in [2.05, 4.69) is 50.3 Å². The van der Waals surface area contributed by atoms with Gasteiger partial charge in [-0.2, -0.15) is 5.10 Å². The van der Waals surface area contributed by atoms with Crippen LogP contribution in [0.3, 0.4) is 0 Å². The molecule has 39 heavy (non-hydrogen) atoms. The average Bonchev–Trinajstić information content (AvgIpc) is 3.72. The minimum Gasteiger partial charge on any atom is -0.345 e. The van der Waals surface area contributed by atoms with Crippen LogP contribution in [0.4, 0.5) is 0 Å². The maximum Gasteiger partial charge on any atom is 0.253 e. The molecule has 0 saturated heterocycles. The Morgan fingerprint density at radius 1 is 0.974 bits per heavy atom. The van der Waals surface area contributed by atoms with Gasteiger partial charge in [0.2, 0.25) is 0 Å². The second-order valence-electron chi connectivity index (χ2n) is 9.74. The van der Waals surface area contributed by atoms with Crippen LogP contribution in [0.2, 0.25) is 0 Å². The van der Waals surface area contributed by atoms with Gasteiger partial charge in [0.05, 0.1) is 11.6 Å². The molecule has 1 aliphatic carbocycles. The standard InChI is InChI=1S/C31H25N7O/c1-20-8-9-23(19-32-20)31(39)35-26-13-10-22-18-24(11-12-25(22)26)38-29(21-6-3-2-4-7-21)34-27-14-15-28(36-30(27)38)37-17-5-16-33-37/h2-9,11-12,14-19,26H,10,13H2,1H3,(H,35,39)/t26-/m0/s1. The number of hydrogen-bond acceptors (Lipinski definition) is 5. The number of nitrogens with zero attached hydrogens (tertiary/aromatic N) is 6. The van der Waals surface area contributed by atoms with Crippen molar-refractivity contribution in [2.24, 2.45) is 0 Å². The number of benzene rings is 2. The summed E-state index contributed by atoms with van der Waals surface area (Å²) < 4.78 is 3.86. The lowest BCUT2D eigenvalue weighted by molar-refractivity contribution is 0.0936. The zero-order chi connectivity index (χ0) is 26.3. The summed E-state index contributed by atoms with van der Waals surface area (Å²) in [6.07, 6.45) is 6.97. The summed E-state index contributed by atoms with van der Waals surface area (Å²) in [7, 11) is 0. The smallest absolute Gasteiger partial charge is 0.253 e. The van der Waals surface area contributed by atoms with Crippen LogP contribution in [-0.2, 0) is 6.42 Å². The normalized spacial score (nSPS) is 14.4. The van der Waals surface area contributed by atoms with Gasteiger partial charge in [0, 0.05) is 35.5 Å². The van der Waals surface area contributed by atoms with Gasteiger partial charge in [0.25, 0.3) is 5.91 Å². The zero-order valence-electron chi connectivity index (χ0n) is 21.3. The van der Waals surface area contributed by atoms with Gasteiger partial charge >= 0.3 is 0 Å². The van der Waals surface area contributed by atoms with E-state index in [4.69, 9.17) is 9.97 Å². The number of aryl methyl sites for hydroxylation is 2. The fourth-order valence-electron chi connectivity index (χ4n) is 5.24. The second-order valence-corrected chi connectivity index (χ2v) is 9.74. The number of imidazole rings is 1. The van der Waals surface area contributed by atoms with E-state index in [0.717, 1.165) is 58.2 Å². The van der Waals surface area contributed by atoms with Crippen molar-refractivity contribution in [3.63, 3.8) is 0 Å². The number of nitrogens with one attached hydrogen (secondary N) is 1. The van der Waals surface area contributed by atoms with Gasteiger partial charge in [0.1, 0.15) is 11.3 Å². The second kappa shape index (κ2) is 9.33. The van der Waals surface area contributed by atoms with Gasteiger partial charge in [-0.15, -0.1) is 0 Å². The number of carbonyl (C=O) groups is 1. The summed E-state index contributed by atoms with van der Waals surface area (Å²) in [6, 6.07) is 26.0. The van der Waals surface area contributed by atoms with E-state index in [1.807, 2.05) is 61.7 Å². The predicted molar refractivity (Wildman–Crippen MR) is 149 cm³/mol. The number of rotatable bonds is 5. The van der Waals surface area contributed by atoms with E-state index in [1.165, 1.54) is 5.56 Å². The molecule has 1 aliphatic rings. The van der Waals surface area contributed by atoms with Crippen LogP contribution in [-0.4, -0.2) is 35.2 Å². The Balaban J connectivity index is 1.29. The Labute approximate surface area is 225 Å². The molecule has 0 aliphatic heterocycles. The SMILES string of the molecule is Cc1ccc(C(=O)N[C@H]2CCc3cc(-n4c(-c5ccccc5)nc5ccc(-n6cccn6)nc54)ccc32)cn1. The molecule has 6 aromatic rings.